The van der Waals surface area contributed by atoms with Crippen LogP contribution in [0.4, 0.5) is 0 Å². The van der Waals surface area contributed by atoms with Gasteiger partial charge in [0.15, 0.2) is 0 Å². The maximum atomic E-state index is 5.91. The number of hydrogen-bond donors (Lipinski definition) is 1. The molecule has 11 heavy (non-hydrogen) atoms. The van der Waals surface area contributed by atoms with Crippen LogP contribution < -0.4 is 5.14 Å². The summed E-state index contributed by atoms with van der Waals surface area (Å²) < 4.78 is 0. The molecular weight excluding hydrogens is 246 g/mol. The lowest BCUT2D eigenvalue weighted by Gasteiger charge is -2.00. The third kappa shape index (κ3) is 2.37. The summed E-state index contributed by atoms with van der Waals surface area (Å²) in [5, 5.41) is 6.90. The molecule has 1 aromatic carbocycles. The van der Waals surface area contributed by atoms with Crippen molar-refractivity contribution in [3.8, 4) is 0 Å². The number of hydrogen-bond acceptors (Lipinski definition) is 2. The Labute approximate surface area is 83.6 Å². The molecule has 0 spiro atoms. The molecule has 0 atom stereocenters. The van der Waals surface area contributed by atoms with Crippen molar-refractivity contribution in [2.24, 2.45) is 5.14 Å². The van der Waals surface area contributed by atoms with Gasteiger partial charge in [-0.2, -0.15) is 0 Å². The Morgan fingerprint density at radius 1 is 1.55 bits per heavy atom. The van der Waals surface area contributed by atoms with Crippen molar-refractivity contribution < 1.29 is 0 Å². The third-order valence-corrected chi connectivity index (χ3v) is 2.79. The molecule has 0 heterocycles. The van der Waals surface area contributed by atoms with Gasteiger partial charge < -0.3 is 0 Å². The molecule has 0 amide bonds. The van der Waals surface area contributed by atoms with Crippen molar-refractivity contribution in [1.29, 1.82) is 0 Å². The molecule has 2 N–H and O–H groups in total. The fourth-order valence-electron chi connectivity index (χ4n) is 0.710. The molecule has 1 nitrogen and oxygen atoms in total. The Hall–Kier alpha value is 0.300. The van der Waals surface area contributed by atoms with E-state index in [1.165, 1.54) is 11.9 Å². The van der Waals surface area contributed by atoms with E-state index in [0.717, 1.165) is 20.8 Å². The van der Waals surface area contributed by atoms with E-state index in [0.29, 0.717) is 0 Å². The van der Waals surface area contributed by atoms with Crippen molar-refractivity contribution in [1.82, 2.24) is 0 Å². The topological polar surface area (TPSA) is 26.0 Å². The van der Waals surface area contributed by atoms with Gasteiger partial charge in [-0.1, -0.05) is 33.6 Å². The molecule has 4 heteroatoms. The van der Waals surface area contributed by atoms with E-state index < -0.39 is 0 Å². The highest BCUT2D eigenvalue weighted by atomic mass is 79.9. The highest BCUT2D eigenvalue weighted by Crippen LogP contribution is 2.23. The molecule has 1 rings (SSSR count). The predicted octanol–water partition coefficient (Wildman–Crippen LogP) is 3.20. The average molecular weight is 253 g/mol. The minimum Gasteiger partial charge on any atom is -0.274 e. The molecule has 0 aliphatic heterocycles. The predicted molar refractivity (Wildman–Crippen MR) is 54.1 cm³/mol. The molecule has 0 fully saturated rings. The number of alkyl halides is 1. The molecular formula is C7H7BrClNS. The largest absolute Gasteiger partial charge is 0.274 e. The Morgan fingerprint density at radius 3 is 2.73 bits per heavy atom. The van der Waals surface area contributed by atoms with Crippen LogP contribution in [0.2, 0.25) is 5.02 Å². The summed E-state index contributed by atoms with van der Waals surface area (Å²) in [6.07, 6.45) is 0. The maximum absolute atomic E-state index is 5.91. The Morgan fingerprint density at radius 2 is 2.27 bits per heavy atom. The van der Waals surface area contributed by atoms with Crippen molar-refractivity contribution >= 4 is 39.5 Å². The van der Waals surface area contributed by atoms with Gasteiger partial charge in [0.05, 0.1) is 0 Å². The smallest absolute Gasteiger partial charge is 0.0458 e. The van der Waals surface area contributed by atoms with Crippen molar-refractivity contribution in [2.45, 2.75) is 10.2 Å². The first-order valence-corrected chi connectivity index (χ1v) is 5.37. The maximum Gasteiger partial charge on any atom is 0.0458 e. The van der Waals surface area contributed by atoms with Crippen LogP contribution in [0.5, 0.6) is 0 Å². The molecule has 60 valence electrons. The molecule has 0 saturated heterocycles. The minimum absolute atomic E-state index is 0.761. The molecule has 0 saturated carbocycles. The second kappa shape index (κ2) is 4.36. The van der Waals surface area contributed by atoms with E-state index in [4.69, 9.17) is 16.7 Å². The summed E-state index contributed by atoms with van der Waals surface area (Å²) in [4.78, 5) is 0.986. The van der Waals surface area contributed by atoms with Gasteiger partial charge in [-0.3, -0.25) is 5.14 Å². The van der Waals surface area contributed by atoms with Gasteiger partial charge in [0.1, 0.15) is 0 Å². The van der Waals surface area contributed by atoms with Gasteiger partial charge in [-0.15, -0.1) is 0 Å². The molecule has 0 bridgehead atoms. The average Bonchev–Trinajstić information content (AvgIpc) is 2.04. The first-order valence-electron chi connectivity index (χ1n) is 2.99. The normalized spacial score (nSPS) is 10.1. The van der Waals surface area contributed by atoms with E-state index in [2.05, 4.69) is 15.9 Å². The lowest BCUT2D eigenvalue weighted by molar-refractivity contribution is 1.36. The highest BCUT2D eigenvalue weighted by Gasteiger charge is 1.98. The SMILES string of the molecule is NSc1ccc(CBr)c(Cl)c1. The lowest BCUT2D eigenvalue weighted by Crippen LogP contribution is -1.83. The fourth-order valence-corrected chi connectivity index (χ4v) is 2.00. The molecule has 0 aliphatic carbocycles. The van der Waals surface area contributed by atoms with Crippen molar-refractivity contribution in [2.75, 3.05) is 0 Å². The van der Waals surface area contributed by atoms with Crippen LogP contribution in [0, 0.1) is 0 Å². The van der Waals surface area contributed by atoms with Crippen molar-refractivity contribution in [3.63, 3.8) is 0 Å². The zero-order valence-corrected chi connectivity index (χ0v) is 8.84. The van der Waals surface area contributed by atoms with Gasteiger partial charge in [0.2, 0.25) is 0 Å². The number of nitrogens with two attached hydrogens (primary N) is 1. The summed E-state index contributed by atoms with van der Waals surface area (Å²) in [6, 6.07) is 5.78. The second-order valence-electron chi connectivity index (χ2n) is 2.00. The van der Waals surface area contributed by atoms with E-state index in [9.17, 15) is 0 Å². The van der Waals surface area contributed by atoms with Crippen LogP contribution in [0.3, 0.4) is 0 Å². The monoisotopic (exact) mass is 251 g/mol. The molecule has 0 aromatic heterocycles. The number of rotatable bonds is 2. The Balaban J connectivity index is 2.99. The first-order chi connectivity index (χ1) is 5.27. The minimum atomic E-state index is 0.761. The summed E-state index contributed by atoms with van der Waals surface area (Å²) in [5.74, 6) is 0. The van der Waals surface area contributed by atoms with Crippen molar-refractivity contribution in [3.05, 3.63) is 28.8 Å². The van der Waals surface area contributed by atoms with Crippen LogP contribution in [-0.2, 0) is 5.33 Å². The zero-order chi connectivity index (χ0) is 8.27. The quantitative estimate of drug-likeness (QED) is 0.646. The standard InChI is InChI=1S/C7H7BrClNS/c8-4-5-1-2-6(11-10)3-7(5)9/h1-3H,4,10H2. The van der Waals surface area contributed by atoms with Crippen LogP contribution in [-0.4, -0.2) is 0 Å². The van der Waals surface area contributed by atoms with E-state index in [1.807, 2.05) is 18.2 Å². The molecule has 1 aromatic rings. The Bertz CT molecular complexity index is 254. The van der Waals surface area contributed by atoms with Gasteiger partial charge in [-0.25, -0.2) is 0 Å². The summed E-state index contributed by atoms with van der Waals surface area (Å²) in [7, 11) is 0. The first kappa shape index (κ1) is 9.39. The summed E-state index contributed by atoms with van der Waals surface area (Å²) >= 11 is 10.4. The molecule has 0 aliphatic rings. The molecule has 0 unspecified atom stereocenters. The fraction of sp³-hybridized carbons (Fsp3) is 0.143. The number of halogens is 2. The van der Waals surface area contributed by atoms with Crippen LogP contribution >= 0.6 is 39.5 Å². The zero-order valence-electron chi connectivity index (χ0n) is 5.68. The van der Waals surface area contributed by atoms with Gasteiger partial charge in [0.25, 0.3) is 0 Å². The summed E-state index contributed by atoms with van der Waals surface area (Å²) in [6.45, 7) is 0. The Kier molecular flexibility index (Phi) is 3.72. The van der Waals surface area contributed by atoms with E-state index >= 15 is 0 Å². The lowest BCUT2D eigenvalue weighted by atomic mass is 10.2. The van der Waals surface area contributed by atoms with Crippen LogP contribution in [0.15, 0.2) is 23.1 Å². The van der Waals surface area contributed by atoms with Crippen LogP contribution in [0.1, 0.15) is 5.56 Å². The number of benzene rings is 1. The second-order valence-corrected chi connectivity index (χ2v) is 3.68. The third-order valence-electron chi connectivity index (χ3n) is 1.30. The van der Waals surface area contributed by atoms with Crippen LogP contribution in [0.25, 0.3) is 0 Å². The van der Waals surface area contributed by atoms with E-state index in [-0.39, 0.29) is 0 Å². The van der Waals surface area contributed by atoms with Gasteiger partial charge in [-0.05, 0) is 29.6 Å². The van der Waals surface area contributed by atoms with Gasteiger partial charge >= 0.3 is 0 Å². The molecule has 0 radical (unpaired) electrons. The highest BCUT2D eigenvalue weighted by molar-refractivity contribution is 9.08. The van der Waals surface area contributed by atoms with Gasteiger partial charge in [0, 0.05) is 15.2 Å². The summed E-state index contributed by atoms with van der Waals surface area (Å²) in [5.41, 5.74) is 1.09. The van der Waals surface area contributed by atoms with E-state index in [1.54, 1.807) is 0 Å².